The maximum absolute atomic E-state index is 12.0. The van der Waals surface area contributed by atoms with Gasteiger partial charge in [-0.3, -0.25) is 4.79 Å². The maximum atomic E-state index is 12.0. The molecular weight excluding hydrogens is 264 g/mol. The number of aryl methyl sites for hydroxylation is 1. The predicted molar refractivity (Wildman–Crippen MR) is 83.6 cm³/mol. The molecule has 0 bridgehead atoms. The van der Waals surface area contributed by atoms with Crippen LogP contribution < -0.4 is 5.43 Å². The minimum atomic E-state index is -0.233. The first-order valence-corrected chi connectivity index (χ1v) is 6.83. The van der Waals surface area contributed by atoms with Gasteiger partial charge in [0.15, 0.2) is 0 Å². The van der Waals surface area contributed by atoms with E-state index in [4.69, 9.17) is 0 Å². The molecule has 21 heavy (non-hydrogen) atoms. The Labute approximate surface area is 124 Å². The molecule has 0 atom stereocenters. The van der Waals surface area contributed by atoms with Crippen molar-refractivity contribution < 1.29 is 9.90 Å². The fourth-order valence-electron chi connectivity index (χ4n) is 1.97. The number of rotatable bonds is 4. The number of carbonyl (C=O) groups excluding carboxylic acids is 1. The van der Waals surface area contributed by atoms with Crippen LogP contribution in [0.5, 0.6) is 5.75 Å². The van der Waals surface area contributed by atoms with Crippen LogP contribution in [-0.2, 0) is 0 Å². The van der Waals surface area contributed by atoms with Crippen molar-refractivity contribution in [3.8, 4) is 5.75 Å². The lowest BCUT2D eigenvalue weighted by Gasteiger charge is -2.06. The number of phenolic OH excluding ortho intramolecular Hbond substituents is 1. The Hall–Kier alpha value is -2.62. The molecule has 0 fully saturated rings. The van der Waals surface area contributed by atoms with Gasteiger partial charge >= 0.3 is 0 Å². The fraction of sp³-hybridized carbons (Fsp3) is 0.176. The summed E-state index contributed by atoms with van der Waals surface area (Å²) in [7, 11) is 0. The summed E-state index contributed by atoms with van der Waals surface area (Å²) < 4.78 is 0. The summed E-state index contributed by atoms with van der Waals surface area (Å²) in [5.74, 6) is -0.0265. The second kappa shape index (κ2) is 6.70. The van der Waals surface area contributed by atoms with Crippen molar-refractivity contribution in [3.63, 3.8) is 0 Å². The first-order chi connectivity index (χ1) is 10.1. The van der Waals surface area contributed by atoms with Crippen LogP contribution >= 0.6 is 0 Å². The SMILES string of the molecule is CC/C(=N/NC(=O)c1cccc(C)c1)c1ccc(O)cc1. The molecule has 0 aliphatic heterocycles. The van der Waals surface area contributed by atoms with Crippen LogP contribution in [0.3, 0.4) is 0 Å². The normalized spacial score (nSPS) is 11.2. The van der Waals surface area contributed by atoms with Gasteiger partial charge in [0.1, 0.15) is 5.75 Å². The summed E-state index contributed by atoms with van der Waals surface area (Å²) in [5, 5.41) is 13.5. The van der Waals surface area contributed by atoms with Crippen LogP contribution in [0.25, 0.3) is 0 Å². The van der Waals surface area contributed by atoms with E-state index in [-0.39, 0.29) is 11.7 Å². The number of hydrazone groups is 1. The van der Waals surface area contributed by atoms with Gasteiger partial charge in [-0.15, -0.1) is 0 Å². The highest BCUT2D eigenvalue weighted by Gasteiger charge is 2.06. The number of hydrogen-bond donors (Lipinski definition) is 2. The van der Waals surface area contributed by atoms with E-state index in [9.17, 15) is 9.90 Å². The van der Waals surface area contributed by atoms with Gasteiger partial charge < -0.3 is 5.11 Å². The van der Waals surface area contributed by atoms with E-state index < -0.39 is 0 Å². The van der Waals surface area contributed by atoms with Crippen molar-refractivity contribution in [2.75, 3.05) is 0 Å². The van der Waals surface area contributed by atoms with Gasteiger partial charge in [0.25, 0.3) is 5.91 Å². The van der Waals surface area contributed by atoms with E-state index in [1.807, 2.05) is 32.0 Å². The third kappa shape index (κ3) is 3.92. The Morgan fingerprint density at radius 2 is 1.86 bits per heavy atom. The number of aromatic hydroxyl groups is 1. The first kappa shape index (κ1) is 14.8. The summed E-state index contributed by atoms with van der Waals surface area (Å²) in [4.78, 5) is 12.0. The summed E-state index contributed by atoms with van der Waals surface area (Å²) >= 11 is 0. The molecule has 1 amide bonds. The van der Waals surface area contributed by atoms with Crippen molar-refractivity contribution in [2.45, 2.75) is 20.3 Å². The molecule has 0 aliphatic rings. The number of nitrogens with one attached hydrogen (secondary N) is 1. The van der Waals surface area contributed by atoms with Crippen LogP contribution in [0.4, 0.5) is 0 Å². The van der Waals surface area contributed by atoms with Crippen molar-refractivity contribution >= 4 is 11.6 Å². The lowest BCUT2D eigenvalue weighted by Crippen LogP contribution is -2.20. The average Bonchev–Trinajstić information content (AvgIpc) is 2.49. The molecule has 2 N–H and O–H groups in total. The molecule has 0 saturated heterocycles. The summed E-state index contributed by atoms with van der Waals surface area (Å²) in [6, 6.07) is 14.1. The van der Waals surface area contributed by atoms with Crippen LogP contribution in [-0.4, -0.2) is 16.7 Å². The summed E-state index contributed by atoms with van der Waals surface area (Å²) in [6.45, 7) is 3.90. The van der Waals surface area contributed by atoms with E-state index in [0.717, 1.165) is 16.8 Å². The molecule has 0 radical (unpaired) electrons. The minimum absolute atomic E-state index is 0.206. The van der Waals surface area contributed by atoms with Crippen LogP contribution in [0.1, 0.15) is 34.8 Å². The molecule has 0 saturated carbocycles. The molecule has 4 heteroatoms. The molecule has 0 spiro atoms. The van der Waals surface area contributed by atoms with Gasteiger partial charge in [-0.2, -0.15) is 5.10 Å². The zero-order valence-corrected chi connectivity index (χ0v) is 12.1. The molecule has 0 aliphatic carbocycles. The number of hydrogen-bond acceptors (Lipinski definition) is 3. The van der Waals surface area contributed by atoms with Gasteiger partial charge in [0.05, 0.1) is 5.71 Å². The highest BCUT2D eigenvalue weighted by atomic mass is 16.3. The van der Waals surface area contributed by atoms with Gasteiger partial charge in [0, 0.05) is 5.56 Å². The van der Waals surface area contributed by atoms with E-state index in [1.165, 1.54) is 0 Å². The van der Waals surface area contributed by atoms with Crippen LogP contribution in [0, 0.1) is 6.92 Å². The lowest BCUT2D eigenvalue weighted by molar-refractivity contribution is 0.0954. The number of nitrogens with zero attached hydrogens (tertiary/aromatic N) is 1. The molecule has 0 aromatic heterocycles. The second-order valence-corrected chi connectivity index (χ2v) is 4.77. The van der Waals surface area contributed by atoms with Gasteiger partial charge in [-0.25, -0.2) is 5.43 Å². The Kier molecular flexibility index (Phi) is 4.72. The van der Waals surface area contributed by atoms with E-state index >= 15 is 0 Å². The number of benzene rings is 2. The Balaban J connectivity index is 2.14. The van der Waals surface area contributed by atoms with E-state index in [2.05, 4.69) is 10.5 Å². The summed E-state index contributed by atoms with van der Waals surface area (Å²) in [5.41, 5.74) is 5.82. The Morgan fingerprint density at radius 1 is 1.14 bits per heavy atom. The van der Waals surface area contributed by atoms with E-state index in [1.54, 1.807) is 30.3 Å². The van der Waals surface area contributed by atoms with Crippen molar-refractivity contribution in [3.05, 3.63) is 65.2 Å². The number of carbonyl (C=O) groups is 1. The van der Waals surface area contributed by atoms with Gasteiger partial charge in [-0.05, 0) is 55.3 Å². The zero-order chi connectivity index (χ0) is 15.2. The second-order valence-electron chi connectivity index (χ2n) is 4.77. The Bertz CT molecular complexity index is 661. The molecule has 4 nitrogen and oxygen atoms in total. The first-order valence-electron chi connectivity index (χ1n) is 6.83. The van der Waals surface area contributed by atoms with Crippen LogP contribution in [0.15, 0.2) is 53.6 Å². The monoisotopic (exact) mass is 282 g/mol. The highest BCUT2D eigenvalue weighted by Crippen LogP contribution is 2.12. The maximum Gasteiger partial charge on any atom is 0.271 e. The van der Waals surface area contributed by atoms with E-state index in [0.29, 0.717) is 12.0 Å². The lowest BCUT2D eigenvalue weighted by atomic mass is 10.1. The molecule has 2 aromatic rings. The third-order valence-corrected chi connectivity index (χ3v) is 3.11. The molecule has 0 unspecified atom stereocenters. The highest BCUT2D eigenvalue weighted by molar-refractivity contribution is 6.02. The van der Waals surface area contributed by atoms with Gasteiger partial charge in [-0.1, -0.05) is 24.6 Å². The van der Waals surface area contributed by atoms with Crippen LogP contribution in [0.2, 0.25) is 0 Å². The fourth-order valence-corrected chi connectivity index (χ4v) is 1.97. The molecular formula is C17H18N2O2. The molecule has 2 rings (SSSR count). The Morgan fingerprint density at radius 3 is 2.48 bits per heavy atom. The van der Waals surface area contributed by atoms with Crippen molar-refractivity contribution in [2.24, 2.45) is 5.10 Å². The number of amides is 1. The number of phenols is 1. The standard InChI is InChI=1S/C17H18N2O2/c1-3-16(13-7-9-15(20)10-8-13)18-19-17(21)14-6-4-5-12(2)11-14/h4-11,20H,3H2,1-2H3,(H,19,21)/b18-16-. The quantitative estimate of drug-likeness (QED) is 0.668. The average molecular weight is 282 g/mol. The smallest absolute Gasteiger partial charge is 0.271 e. The molecule has 0 heterocycles. The molecule has 2 aromatic carbocycles. The minimum Gasteiger partial charge on any atom is -0.508 e. The zero-order valence-electron chi connectivity index (χ0n) is 12.1. The predicted octanol–water partition coefficient (Wildman–Crippen LogP) is 3.24. The largest absolute Gasteiger partial charge is 0.508 e. The topological polar surface area (TPSA) is 61.7 Å². The third-order valence-electron chi connectivity index (χ3n) is 3.11. The molecule has 108 valence electrons. The van der Waals surface area contributed by atoms with Crippen molar-refractivity contribution in [1.82, 2.24) is 5.43 Å². The summed E-state index contributed by atoms with van der Waals surface area (Å²) in [6.07, 6.45) is 0.679. The van der Waals surface area contributed by atoms with Gasteiger partial charge in [0.2, 0.25) is 0 Å². The van der Waals surface area contributed by atoms with Crippen molar-refractivity contribution in [1.29, 1.82) is 0 Å².